The second kappa shape index (κ2) is 12.9. The summed E-state index contributed by atoms with van der Waals surface area (Å²) in [5.74, 6) is -1.35. The van der Waals surface area contributed by atoms with Crippen molar-refractivity contribution < 1.29 is 27.8 Å². The highest BCUT2D eigenvalue weighted by atomic mass is 32.1. The van der Waals surface area contributed by atoms with Crippen LogP contribution in [0.5, 0.6) is 11.5 Å². The molecule has 0 atom stereocenters. The number of anilines is 1. The van der Waals surface area contributed by atoms with Crippen LogP contribution in [0.15, 0.2) is 77.9 Å². The van der Waals surface area contributed by atoms with E-state index in [1.54, 1.807) is 17.2 Å². The van der Waals surface area contributed by atoms with Crippen LogP contribution < -0.4 is 15.6 Å². The summed E-state index contributed by atoms with van der Waals surface area (Å²) in [5.41, 5.74) is -0.375. The summed E-state index contributed by atoms with van der Waals surface area (Å²) in [6.07, 6.45) is 4.13. The molecule has 5 aromatic rings. The standard InChI is InChI=1S/C34H31F2N5O5S/c1-34(2,3)46-33(44)40-16-12-20(13-17-40)29-19-26-30(47-29)28(11-14-37-26)45-27-9-6-22(18-25(27)36)39-31(42)24-10-15-38-41(32(24)43)23-7-4-21(35)5-8-23/h4-11,14-15,18-20H,12-13,16-17H2,1-3H3,(H,39,42). The minimum atomic E-state index is -0.764. The van der Waals surface area contributed by atoms with E-state index in [0.29, 0.717) is 18.8 Å². The van der Waals surface area contributed by atoms with Gasteiger partial charge in [0.1, 0.15) is 22.7 Å². The van der Waals surface area contributed by atoms with Crippen molar-refractivity contribution in [3.8, 4) is 17.2 Å². The number of thiophene rings is 1. The molecule has 0 saturated carbocycles. The van der Waals surface area contributed by atoms with Gasteiger partial charge in [0.25, 0.3) is 11.5 Å². The monoisotopic (exact) mass is 659 g/mol. The first-order chi connectivity index (χ1) is 22.4. The SMILES string of the molecule is CC(C)(C)OC(=O)N1CCC(c2cc3nccc(Oc4ccc(NC(=O)c5ccnn(-c6ccc(F)cc6)c5=O)cc4F)c3s2)CC1. The third-order valence-corrected chi connectivity index (χ3v) is 8.82. The number of benzene rings is 2. The molecule has 6 rings (SSSR count). The average molecular weight is 660 g/mol. The fraction of sp³-hybridized carbons (Fsp3) is 0.265. The lowest BCUT2D eigenvalue weighted by atomic mass is 9.95. The van der Waals surface area contributed by atoms with Crippen LogP contribution in [0, 0.1) is 11.6 Å². The van der Waals surface area contributed by atoms with E-state index in [2.05, 4.69) is 15.4 Å². The lowest BCUT2D eigenvalue weighted by Gasteiger charge is -2.33. The van der Waals surface area contributed by atoms with Gasteiger partial charge in [-0.2, -0.15) is 9.78 Å². The molecule has 0 radical (unpaired) electrons. The van der Waals surface area contributed by atoms with Crippen LogP contribution in [-0.2, 0) is 4.74 Å². The van der Waals surface area contributed by atoms with Crippen molar-refractivity contribution in [3.63, 3.8) is 0 Å². The molecule has 13 heteroatoms. The summed E-state index contributed by atoms with van der Waals surface area (Å²) in [7, 11) is 0. The highest BCUT2D eigenvalue weighted by Gasteiger charge is 2.29. The van der Waals surface area contributed by atoms with Gasteiger partial charge in [-0.25, -0.2) is 13.6 Å². The van der Waals surface area contributed by atoms with E-state index in [1.807, 2.05) is 26.8 Å². The Bertz CT molecular complexity index is 2010. The lowest BCUT2D eigenvalue weighted by molar-refractivity contribution is 0.0205. The van der Waals surface area contributed by atoms with Crippen molar-refractivity contribution in [2.75, 3.05) is 18.4 Å². The first-order valence-corrected chi connectivity index (χ1v) is 15.8. The Morgan fingerprint density at radius 1 is 0.957 bits per heavy atom. The molecular formula is C34H31F2N5O5S. The fourth-order valence-corrected chi connectivity index (χ4v) is 6.45. The number of pyridine rings is 1. The molecule has 2 amide bonds. The molecule has 1 aliphatic rings. The number of ether oxygens (including phenoxy) is 2. The van der Waals surface area contributed by atoms with Gasteiger partial charge >= 0.3 is 6.09 Å². The zero-order valence-electron chi connectivity index (χ0n) is 25.8. The van der Waals surface area contributed by atoms with E-state index in [4.69, 9.17) is 9.47 Å². The Hall–Kier alpha value is -5.17. The topological polar surface area (TPSA) is 116 Å². The van der Waals surface area contributed by atoms with Crippen molar-refractivity contribution in [2.45, 2.75) is 45.1 Å². The van der Waals surface area contributed by atoms with Gasteiger partial charge in [0.2, 0.25) is 0 Å². The summed E-state index contributed by atoms with van der Waals surface area (Å²) in [5, 5.41) is 6.50. The van der Waals surface area contributed by atoms with Crippen LogP contribution in [0.4, 0.5) is 19.3 Å². The van der Waals surface area contributed by atoms with E-state index in [1.165, 1.54) is 60.0 Å². The molecule has 2 aromatic carbocycles. The highest BCUT2D eigenvalue weighted by Crippen LogP contribution is 2.41. The van der Waals surface area contributed by atoms with Crippen molar-refractivity contribution in [1.29, 1.82) is 0 Å². The van der Waals surface area contributed by atoms with E-state index < -0.39 is 28.7 Å². The van der Waals surface area contributed by atoms with Crippen molar-refractivity contribution in [2.24, 2.45) is 0 Å². The number of nitrogens with zero attached hydrogens (tertiary/aromatic N) is 4. The maximum absolute atomic E-state index is 15.2. The van der Waals surface area contributed by atoms with Gasteiger partial charge < -0.3 is 19.7 Å². The molecule has 0 aliphatic carbocycles. The highest BCUT2D eigenvalue weighted by molar-refractivity contribution is 7.19. The minimum Gasteiger partial charge on any atom is -0.453 e. The third-order valence-electron chi connectivity index (χ3n) is 7.52. The van der Waals surface area contributed by atoms with Crippen molar-refractivity contribution >= 4 is 39.2 Å². The molecule has 47 heavy (non-hydrogen) atoms. The normalized spacial score (nSPS) is 13.9. The molecule has 10 nitrogen and oxygen atoms in total. The van der Waals surface area contributed by atoms with E-state index in [-0.39, 0.29) is 34.7 Å². The predicted octanol–water partition coefficient (Wildman–Crippen LogP) is 7.28. The number of piperidine rings is 1. The summed E-state index contributed by atoms with van der Waals surface area (Å²) in [6, 6.07) is 14.0. The molecule has 0 bridgehead atoms. The molecule has 4 heterocycles. The minimum absolute atomic E-state index is 0.0568. The molecule has 3 aromatic heterocycles. The van der Waals surface area contributed by atoms with E-state index in [0.717, 1.165) is 38.7 Å². The average Bonchev–Trinajstić information content (AvgIpc) is 3.48. The molecule has 1 aliphatic heterocycles. The number of hydrogen-bond donors (Lipinski definition) is 1. The van der Waals surface area contributed by atoms with E-state index in [9.17, 15) is 18.8 Å². The number of nitrogens with one attached hydrogen (secondary N) is 1. The van der Waals surface area contributed by atoms with Crippen LogP contribution in [0.3, 0.4) is 0 Å². The molecule has 1 saturated heterocycles. The van der Waals surface area contributed by atoms with Gasteiger partial charge in [-0.1, -0.05) is 0 Å². The lowest BCUT2D eigenvalue weighted by Crippen LogP contribution is -2.41. The summed E-state index contributed by atoms with van der Waals surface area (Å²) in [4.78, 5) is 45.7. The van der Waals surface area contributed by atoms with Gasteiger partial charge in [0, 0.05) is 48.2 Å². The van der Waals surface area contributed by atoms with Crippen LogP contribution >= 0.6 is 11.3 Å². The number of hydrogen-bond acceptors (Lipinski definition) is 8. The Balaban J connectivity index is 1.14. The van der Waals surface area contributed by atoms with Crippen LogP contribution in [0.25, 0.3) is 15.9 Å². The second-order valence-electron chi connectivity index (χ2n) is 12.1. The Morgan fingerprint density at radius 3 is 2.40 bits per heavy atom. The molecule has 0 spiro atoms. The number of fused-ring (bicyclic) bond motifs is 1. The maximum Gasteiger partial charge on any atom is 0.410 e. The number of halogens is 2. The van der Waals surface area contributed by atoms with Gasteiger partial charge in [0.15, 0.2) is 11.6 Å². The Kier molecular flexibility index (Phi) is 8.74. The maximum atomic E-state index is 15.2. The first-order valence-electron chi connectivity index (χ1n) is 14.9. The molecule has 0 unspecified atom stereocenters. The summed E-state index contributed by atoms with van der Waals surface area (Å²) in [6.45, 7) is 6.72. The Labute approximate surface area is 272 Å². The summed E-state index contributed by atoms with van der Waals surface area (Å²) >= 11 is 1.53. The zero-order chi connectivity index (χ0) is 33.3. The number of rotatable bonds is 6. The predicted molar refractivity (Wildman–Crippen MR) is 174 cm³/mol. The first kappa shape index (κ1) is 31.8. The van der Waals surface area contributed by atoms with Gasteiger partial charge in [0.05, 0.1) is 15.9 Å². The van der Waals surface area contributed by atoms with E-state index >= 15 is 4.39 Å². The third kappa shape index (κ3) is 7.14. The molecule has 242 valence electrons. The van der Waals surface area contributed by atoms with Crippen molar-refractivity contribution in [3.05, 3.63) is 105 Å². The van der Waals surface area contributed by atoms with Crippen LogP contribution in [0.1, 0.15) is 54.8 Å². The van der Waals surface area contributed by atoms with Crippen LogP contribution in [0.2, 0.25) is 0 Å². The molecule has 1 fully saturated rings. The smallest absolute Gasteiger partial charge is 0.410 e. The second-order valence-corrected chi connectivity index (χ2v) is 13.1. The quantitative estimate of drug-likeness (QED) is 0.204. The number of carbonyl (C=O) groups is 2. The fourth-order valence-electron chi connectivity index (χ4n) is 5.22. The Morgan fingerprint density at radius 2 is 1.70 bits per heavy atom. The van der Waals surface area contributed by atoms with Gasteiger partial charge in [-0.15, -0.1) is 11.3 Å². The zero-order valence-corrected chi connectivity index (χ0v) is 26.6. The van der Waals surface area contributed by atoms with Gasteiger partial charge in [-0.3, -0.25) is 14.6 Å². The van der Waals surface area contributed by atoms with Crippen LogP contribution in [-0.4, -0.2) is 50.4 Å². The number of likely N-dealkylation sites (tertiary alicyclic amines) is 1. The number of carbonyl (C=O) groups excluding carboxylic acids is 2. The summed E-state index contributed by atoms with van der Waals surface area (Å²) < 4.78 is 41.8. The molecule has 1 N–H and O–H groups in total. The molecular weight excluding hydrogens is 628 g/mol. The van der Waals surface area contributed by atoms with Crippen molar-refractivity contribution in [1.82, 2.24) is 19.7 Å². The number of amides is 2. The van der Waals surface area contributed by atoms with Gasteiger partial charge in [-0.05, 0) is 88.1 Å². The number of aromatic nitrogens is 3. The largest absolute Gasteiger partial charge is 0.453 e.